The Morgan fingerprint density at radius 3 is 2.50 bits per heavy atom. The summed E-state index contributed by atoms with van der Waals surface area (Å²) in [5.74, 6) is -1.34. The molecule has 3 rings (SSSR count). The van der Waals surface area contributed by atoms with Crippen LogP contribution in [0.1, 0.15) is 55.3 Å². The van der Waals surface area contributed by atoms with E-state index >= 15 is 0 Å². The second-order valence-corrected chi connectivity index (χ2v) is 8.88. The Morgan fingerprint density at radius 2 is 2.00 bits per heavy atom. The number of hydrogen-bond donors (Lipinski definition) is 3. The number of carbonyl (C=O) groups excluding carboxylic acids is 2. The molecule has 1 aromatic heterocycles. The monoisotopic (exact) mass is 437 g/mol. The summed E-state index contributed by atoms with van der Waals surface area (Å²) in [6.07, 6.45) is 0.289. The second-order valence-electron chi connectivity index (χ2n) is 8.47. The molecule has 2 unspecified atom stereocenters. The summed E-state index contributed by atoms with van der Waals surface area (Å²) in [6.45, 7) is 5.80. The van der Waals surface area contributed by atoms with E-state index in [0.717, 1.165) is 0 Å². The van der Waals surface area contributed by atoms with Gasteiger partial charge in [0.05, 0.1) is 28.4 Å². The molecule has 1 aromatic carbocycles. The highest BCUT2D eigenvalue weighted by molar-refractivity contribution is 6.31. The Labute approximate surface area is 178 Å². The number of benzene rings is 1. The van der Waals surface area contributed by atoms with Crippen molar-refractivity contribution in [2.75, 3.05) is 13.2 Å². The van der Waals surface area contributed by atoms with Crippen molar-refractivity contribution in [1.29, 1.82) is 0 Å². The highest BCUT2D eigenvalue weighted by Crippen LogP contribution is 2.46. The van der Waals surface area contributed by atoms with Crippen LogP contribution in [0.5, 0.6) is 0 Å². The maximum atomic E-state index is 13.7. The Balaban J connectivity index is 2.35. The molecule has 10 heteroatoms. The highest BCUT2D eigenvalue weighted by Gasteiger charge is 2.45. The summed E-state index contributed by atoms with van der Waals surface area (Å²) in [6, 6.07) is 2.36. The third-order valence-electron chi connectivity index (χ3n) is 5.28. The Morgan fingerprint density at radius 1 is 1.33 bits per heavy atom. The van der Waals surface area contributed by atoms with Gasteiger partial charge in [-0.1, -0.05) is 32.4 Å². The predicted octanol–water partition coefficient (Wildman–Crippen LogP) is 2.85. The average molecular weight is 438 g/mol. The molecule has 0 aliphatic carbocycles. The Hall–Kier alpha value is -2.65. The third-order valence-corrected chi connectivity index (χ3v) is 5.57. The lowest BCUT2D eigenvalue weighted by molar-refractivity contribution is 0.0696. The molecule has 0 radical (unpaired) electrons. The smallest absolute Gasteiger partial charge is 0.315 e. The zero-order chi connectivity index (χ0) is 22.4. The number of aromatic nitrogens is 2. The van der Waals surface area contributed by atoms with Gasteiger partial charge >= 0.3 is 6.03 Å². The van der Waals surface area contributed by atoms with E-state index < -0.39 is 35.3 Å². The summed E-state index contributed by atoms with van der Waals surface area (Å²) in [5.41, 5.74) is 12.1. The van der Waals surface area contributed by atoms with Gasteiger partial charge in [-0.05, 0) is 30.0 Å². The molecular formula is C20H25ClFN5O3. The van der Waals surface area contributed by atoms with Gasteiger partial charge in [0.1, 0.15) is 11.5 Å². The van der Waals surface area contributed by atoms with Gasteiger partial charge in [0.15, 0.2) is 0 Å². The van der Waals surface area contributed by atoms with Gasteiger partial charge < -0.3 is 21.5 Å². The van der Waals surface area contributed by atoms with Crippen LogP contribution in [-0.2, 0) is 0 Å². The van der Waals surface area contributed by atoms with Crippen LogP contribution >= 0.6 is 11.6 Å². The van der Waals surface area contributed by atoms with Gasteiger partial charge in [0.25, 0.3) is 5.91 Å². The van der Waals surface area contributed by atoms with Crippen molar-refractivity contribution in [2.24, 2.45) is 16.9 Å². The minimum Gasteiger partial charge on any atom is -0.396 e. The number of primary amides is 2. The van der Waals surface area contributed by atoms with Crippen molar-refractivity contribution in [3.63, 3.8) is 0 Å². The number of aliphatic hydroxyl groups is 1. The zero-order valence-corrected chi connectivity index (χ0v) is 17.8. The van der Waals surface area contributed by atoms with Gasteiger partial charge in [0.2, 0.25) is 0 Å². The number of carbonyl (C=O) groups is 2. The highest BCUT2D eigenvalue weighted by atomic mass is 35.5. The molecule has 5 N–H and O–H groups in total. The topological polar surface area (TPSA) is 127 Å². The van der Waals surface area contributed by atoms with Crippen LogP contribution in [0.3, 0.4) is 0 Å². The lowest BCUT2D eigenvalue weighted by Crippen LogP contribution is -2.51. The molecule has 1 aliphatic rings. The first kappa shape index (κ1) is 22.0. The lowest BCUT2D eigenvalue weighted by Gasteiger charge is -2.45. The van der Waals surface area contributed by atoms with Crippen LogP contribution in [0.15, 0.2) is 18.2 Å². The molecule has 2 atom stereocenters. The maximum Gasteiger partial charge on any atom is 0.315 e. The van der Waals surface area contributed by atoms with Gasteiger partial charge in [-0.15, -0.1) is 0 Å². The molecule has 8 nitrogen and oxygen atoms in total. The molecule has 3 amide bonds. The van der Waals surface area contributed by atoms with Crippen molar-refractivity contribution in [2.45, 2.75) is 39.3 Å². The summed E-state index contributed by atoms with van der Waals surface area (Å²) in [5, 5.41) is 14.0. The number of rotatable bonds is 4. The maximum absolute atomic E-state index is 13.7. The lowest BCUT2D eigenvalue weighted by atomic mass is 9.80. The molecule has 30 heavy (non-hydrogen) atoms. The minimum absolute atomic E-state index is 0.117. The van der Waals surface area contributed by atoms with Gasteiger partial charge in [-0.25, -0.2) is 9.18 Å². The van der Waals surface area contributed by atoms with E-state index in [1.54, 1.807) is 4.68 Å². The van der Waals surface area contributed by atoms with Gasteiger partial charge in [0, 0.05) is 18.7 Å². The molecule has 0 fully saturated rings. The van der Waals surface area contributed by atoms with Crippen LogP contribution < -0.4 is 11.5 Å². The van der Waals surface area contributed by atoms with Crippen LogP contribution in [0.25, 0.3) is 11.3 Å². The van der Waals surface area contributed by atoms with E-state index in [0.29, 0.717) is 11.3 Å². The normalized spacial score (nSPS) is 18.9. The number of amides is 3. The van der Waals surface area contributed by atoms with Crippen LogP contribution in [0, 0.1) is 11.2 Å². The van der Waals surface area contributed by atoms with Crippen LogP contribution in [0.4, 0.5) is 9.18 Å². The van der Waals surface area contributed by atoms with E-state index in [4.69, 9.17) is 23.1 Å². The first-order valence-corrected chi connectivity index (χ1v) is 9.89. The number of hydrogen-bond acceptors (Lipinski definition) is 4. The standard InChI is InChI=1S/C20H25ClFN5O3/c1-20(2,3)17-16-14(18(23)29)15(10-4-5-13(22)12(21)8-10)25-27(16)11(6-7-28)9-26(17)19(24)30/h4-5,8,11,17,28H,6-7,9H2,1-3H3,(H2,23,29)(H2,24,30). The van der Waals surface area contributed by atoms with Crippen molar-refractivity contribution >= 4 is 23.5 Å². The number of halogens is 2. The fraction of sp³-hybridized carbons (Fsp3) is 0.450. The van der Waals surface area contributed by atoms with Gasteiger partial charge in [-0.3, -0.25) is 9.48 Å². The van der Waals surface area contributed by atoms with Crippen LogP contribution in [0.2, 0.25) is 5.02 Å². The molecule has 2 aromatic rings. The minimum atomic E-state index is -0.741. The van der Waals surface area contributed by atoms with E-state index in [1.807, 2.05) is 20.8 Å². The fourth-order valence-corrected chi connectivity index (χ4v) is 4.27. The quantitative estimate of drug-likeness (QED) is 0.679. The molecule has 0 spiro atoms. The number of nitrogens with zero attached hydrogens (tertiary/aromatic N) is 3. The van der Waals surface area contributed by atoms with E-state index in [9.17, 15) is 19.1 Å². The van der Waals surface area contributed by atoms with E-state index in [-0.39, 0.29) is 35.9 Å². The van der Waals surface area contributed by atoms with Crippen molar-refractivity contribution in [3.8, 4) is 11.3 Å². The average Bonchev–Trinajstić information content (AvgIpc) is 3.03. The molecular weight excluding hydrogens is 413 g/mol. The fourth-order valence-electron chi connectivity index (χ4n) is 4.09. The van der Waals surface area contributed by atoms with Crippen LogP contribution in [-0.4, -0.2) is 44.9 Å². The molecule has 162 valence electrons. The SMILES string of the molecule is CC(C)(C)C1c2c(C(N)=O)c(-c3ccc(F)c(Cl)c3)nn2C(CCO)CN1C(N)=O. The number of nitrogens with two attached hydrogens (primary N) is 2. The number of urea groups is 1. The molecule has 2 heterocycles. The van der Waals surface area contributed by atoms with Crippen molar-refractivity contribution < 1.29 is 19.1 Å². The van der Waals surface area contributed by atoms with E-state index in [1.165, 1.54) is 23.1 Å². The Bertz CT molecular complexity index is 1000. The largest absolute Gasteiger partial charge is 0.396 e. The Kier molecular flexibility index (Phi) is 5.79. The first-order chi connectivity index (χ1) is 14.0. The summed E-state index contributed by atoms with van der Waals surface area (Å²) in [4.78, 5) is 26.3. The summed E-state index contributed by atoms with van der Waals surface area (Å²) in [7, 11) is 0. The molecule has 0 saturated carbocycles. The third kappa shape index (κ3) is 3.75. The predicted molar refractivity (Wildman–Crippen MR) is 110 cm³/mol. The van der Waals surface area contributed by atoms with E-state index in [2.05, 4.69) is 5.10 Å². The summed E-state index contributed by atoms with van der Waals surface area (Å²) < 4.78 is 15.3. The number of aliphatic hydroxyl groups excluding tert-OH is 1. The molecule has 0 saturated heterocycles. The van der Waals surface area contributed by atoms with Crippen molar-refractivity contribution in [1.82, 2.24) is 14.7 Å². The molecule has 1 aliphatic heterocycles. The number of fused-ring (bicyclic) bond motifs is 1. The molecule has 0 bridgehead atoms. The summed E-state index contributed by atoms with van der Waals surface area (Å²) >= 11 is 5.94. The first-order valence-electron chi connectivity index (χ1n) is 9.52. The van der Waals surface area contributed by atoms with Gasteiger partial charge in [-0.2, -0.15) is 5.10 Å². The zero-order valence-electron chi connectivity index (χ0n) is 17.0. The second kappa shape index (κ2) is 7.88. The van der Waals surface area contributed by atoms with Crippen molar-refractivity contribution in [3.05, 3.63) is 40.3 Å².